The topological polar surface area (TPSA) is 38.9 Å². The lowest BCUT2D eigenvalue weighted by Crippen LogP contribution is -2.02. The number of hydrogen-bond donors (Lipinski definition) is 1. The maximum Gasteiger partial charge on any atom is 0.0738 e. The Hall–Kier alpha value is -1.41. The molecule has 1 aromatic carbocycles. The van der Waals surface area contributed by atoms with Crippen LogP contribution in [0.1, 0.15) is 41.1 Å². The van der Waals surface area contributed by atoms with Gasteiger partial charge in [-0.2, -0.15) is 0 Å². The van der Waals surface area contributed by atoms with Crippen LogP contribution < -0.4 is 5.73 Å². The van der Waals surface area contributed by atoms with Gasteiger partial charge >= 0.3 is 0 Å². The van der Waals surface area contributed by atoms with Gasteiger partial charge in [-0.05, 0) is 49.9 Å². The predicted molar refractivity (Wildman–Crippen MR) is 71.1 cm³/mol. The third-order valence-corrected chi connectivity index (χ3v) is 3.57. The van der Waals surface area contributed by atoms with Crippen LogP contribution in [-0.4, -0.2) is 4.98 Å². The molecule has 2 aromatic rings. The van der Waals surface area contributed by atoms with E-state index in [0.29, 0.717) is 12.5 Å². The van der Waals surface area contributed by atoms with Crippen molar-refractivity contribution in [2.75, 3.05) is 0 Å². The molecule has 1 aliphatic carbocycles. The zero-order chi connectivity index (χ0) is 12.0. The van der Waals surface area contributed by atoms with Crippen molar-refractivity contribution in [2.24, 2.45) is 5.73 Å². The zero-order valence-corrected chi connectivity index (χ0v) is 10.5. The molecule has 1 aliphatic rings. The van der Waals surface area contributed by atoms with E-state index in [0.717, 1.165) is 5.52 Å². The van der Waals surface area contributed by atoms with E-state index in [9.17, 15) is 0 Å². The first-order valence-corrected chi connectivity index (χ1v) is 6.30. The molecule has 88 valence electrons. The van der Waals surface area contributed by atoms with Gasteiger partial charge in [0.25, 0.3) is 0 Å². The summed E-state index contributed by atoms with van der Waals surface area (Å²) in [5, 5.41) is 1.23. The van der Waals surface area contributed by atoms with Crippen LogP contribution in [0.25, 0.3) is 10.9 Å². The molecule has 1 heterocycles. The minimum atomic E-state index is 0.599. The highest BCUT2D eigenvalue weighted by Crippen LogP contribution is 2.40. The second-order valence-corrected chi connectivity index (χ2v) is 5.16. The quantitative estimate of drug-likeness (QED) is 0.854. The normalized spacial score (nSPS) is 15.5. The summed E-state index contributed by atoms with van der Waals surface area (Å²) in [6.45, 7) is 4.86. The summed E-state index contributed by atoms with van der Waals surface area (Å²) in [6.07, 6.45) is 2.57. The maximum absolute atomic E-state index is 5.88. The van der Waals surface area contributed by atoms with Crippen LogP contribution in [0.15, 0.2) is 18.2 Å². The number of aryl methyl sites for hydroxylation is 2. The van der Waals surface area contributed by atoms with Crippen molar-refractivity contribution in [3.63, 3.8) is 0 Å². The average molecular weight is 226 g/mol. The van der Waals surface area contributed by atoms with E-state index in [4.69, 9.17) is 10.7 Å². The maximum atomic E-state index is 5.88. The third-order valence-electron chi connectivity index (χ3n) is 3.57. The van der Waals surface area contributed by atoms with Gasteiger partial charge in [-0.3, -0.25) is 4.98 Å². The fraction of sp³-hybridized carbons (Fsp3) is 0.400. The van der Waals surface area contributed by atoms with Gasteiger partial charge in [-0.1, -0.05) is 11.6 Å². The highest BCUT2D eigenvalue weighted by molar-refractivity contribution is 5.86. The molecule has 0 spiro atoms. The summed E-state index contributed by atoms with van der Waals surface area (Å²) in [5.41, 5.74) is 12.0. The first-order valence-electron chi connectivity index (χ1n) is 6.30. The standard InChI is InChI=1S/C15H18N2/c1-9-5-10(2)15-13(6-9)12(8-16)7-14(17-15)11-3-4-11/h5-7,11H,3-4,8,16H2,1-2H3. The molecule has 0 bridgehead atoms. The molecular weight excluding hydrogens is 208 g/mol. The SMILES string of the molecule is Cc1cc(C)c2nc(C3CC3)cc(CN)c2c1. The molecule has 1 fully saturated rings. The monoisotopic (exact) mass is 226 g/mol. The Balaban J connectivity index is 2.31. The molecule has 0 saturated heterocycles. The Bertz CT molecular complexity index is 583. The lowest BCUT2D eigenvalue weighted by atomic mass is 10.0. The fourth-order valence-corrected chi connectivity index (χ4v) is 2.53. The molecular formula is C15H18N2. The Kier molecular flexibility index (Phi) is 2.40. The van der Waals surface area contributed by atoms with Crippen molar-refractivity contribution >= 4 is 10.9 Å². The van der Waals surface area contributed by atoms with Crippen molar-refractivity contribution in [1.82, 2.24) is 4.98 Å². The number of nitrogens with zero attached hydrogens (tertiary/aromatic N) is 1. The number of benzene rings is 1. The van der Waals surface area contributed by atoms with Gasteiger partial charge in [-0.15, -0.1) is 0 Å². The number of rotatable bonds is 2. The molecule has 1 aromatic heterocycles. The van der Waals surface area contributed by atoms with Crippen molar-refractivity contribution in [3.8, 4) is 0 Å². The minimum absolute atomic E-state index is 0.599. The summed E-state index contributed by atoms with van der Waals surface area (Å²) >= 11 is 0. The highest BCUT2D eigenvalue weighted by atomic mass is 14.7. The van der Waals surface area contributed by atoms with Gasteiger partial charge in [0.2, 0.25) is 0 Å². The van der Waals surface area contributed by atoms with Gasteiger partial charge in [0.15, 0.2) is 0 Å². The third kappa shape index (κ3) is 1.83. The Morgan fingerprint density at radius 1 is 1.24 bits per heavy atom. The second-order valence-electron chi connectivity index (χ2n) is 5.16. The molecule has 1 saturated carbocycles. The lowest BCUT2D eigenvalue weighted by Gasteiger charge is -2.10. The largest absolute Gasteiger partial charge is 0.326 e. The van der Waals surface area contributed by atoms with Crippen molar-refractivity contribution in [3.05, 3.63) is 40.6 Å². The van der Waals surface area contributed by atoms with E-state index in [1.165, 1.54) is 40.6 Å². The molecule has 3 rings (SSSR count). The molecule has 0 amide bonds. The molecule has 0 unspecified atom stereocenters. The summed E-state index contributed by atoms with van der Waals surface area (Å²) in [4.78, 5) is 4.83. The Labute approximate surface area is 102 Å². The van der Waals surface area contributed by atoms with E-state index in [1.807, 2.05) is 0 Å². The van der Waals surface area contributed by atoms with Crippen molar-refractivity contribution in [1.29, 1.82) is 0 Å². The van der Waals surface area contributed by atoms with Gasteiger partial charge in [0, 0.05) is 23.5 Å². The molecule has 0 radical (unpaired) electrons. The van der Waals surface area contributed by atoms with Gasteiger partial charge in [0.1, 0.15) is 0 Å². The Morgan fingerprint density at radius 2 is 2.00 bits per heavy atom. The highest BCUT2D eigenvalue weighted by Gasteiger charge is 2.26. The second kappa shape index (κ2) is 3.81. The summed E-state index contributed by atoms with van der Waals surface area (Å²) in [6, 6.07) is 6.61. The first-order chi connectivity index (χ1) is 8.19. The van der Waals surface area contributed by atoms with Crippen LogP contribution in [0.4, 0.5) is 0 Å². The molecule has 2 nitrogen and oxygen atoms in total. The van der Waals surface area contributed by atoms with Gasteiger partial charge in [-0.25, -0.2) is 0 Å². The van der Waals surface area contributed by atoms with Gasteiger partial charge < -0.3 is 5.73 Å². The Morgan fingerprint density at radius 3 is 2.65 bits per heavy atom. The van der Waals surface area contributed by atoms with E-state index in [2.05, 4.69) is 32.0 Å². The van der Waals surface area contributed by atoms with E-state index in [1.54, 1.807) is 0 Å². The average Bonchev–Trinajstić information content (AvgIpc) is 3.11. The van der Waals surface area contributed by atoms with Gasteiger partial charge in [0.05, 0.1) is 5.52 Å². The number of aromatic nitrogens is 1. The smallest absolute Gasteiger partial charge is 0.0738 e. The lowest BCUT2D eigenvalue weighted by molar-refractivity contribution is 1.00. The van der Waals surface area contributed by atoms with Crippen LogP contribution in [0.5, 0.6) is 0 Å². The summed E-state index contributed by atoms with van der Waals surface area (Å²) in [5.74, 6) is 0.686. The predicted octanol–water partition coefficient (Wildman–Crippen LogP) is 3.19. The van der Waals surface area contributed by atoms with E-state index in [-0.39, 0.29) is 0 Å². The number of hydrogen-bond acceptors (Lipinski definition) is 2. The number of fused-ring (bicyclic) bond motifs is 1. The number of pyridine rings is 1. The first kappa shape index (κ1) is 10.7. The minimum Gasteiger partial charge on any atom is -0.326 e. The molecule has 0 atom stereocenters. The van der Waals surface area contributed by atoms with Crippen LogP contribution in [0.2, 0.25) is 0 Å². The summed E-state index contributed by atoms with van der Waals surface area (Å²) < 4.78 is 0. The van der Waals surface area contributed by atoms with Crippen molar-refractivity contribution in [2.45, 2.75) is 39.2 Å². The molecule has 0 aliphatic heterocycles. The van der Waals surface area contributed by atoms with Crippen LogP contribution in [0.3, 0.4) is 0 Å². The van der Waals surface area contributed by atoms with Crippen molar-refractivity contribution < 1.29 is 0 Å². The van der Waals surface area contributed by atoms with Crippen LogP contribution in [0, 0.1) is 13.8 Å². The number of nitrogens with two attached hydrogens (primary N) is 1. The zero-order valence-electron chi connectivity index (χ0n) is 10.5. The van der Waals surface area contributed by atoms with Crippen LogP contribution >= 0.6 is 0 Å². The molecule has 2 N–H and O–H groups in total. The van der Waals surface area contributed by atoms with Crippen LogP contribution in [-0.2, 0) is 6.54 Å². The molecule has 2 heteroatoms. The van der Waals surface area contributed by atoms with E-state index >= 15 is 0 Å². The fourth-order valence-electron chi connectivity index (χ4n) is 2.53. The summed E-state index contributed by atoms with van der Waals surface area (Å²) in [7, 11) is 0. The van der Waals surface area contributed by atoms with E-state index < -0.39 is 0 Å². The molecule has 17 heavy (non-hydrogen) atoms.